The maximum atomic E-state index is 11.5. The molecule has 90 valence electrons. The Hall–Kier alpha value is -0.980. The molecule has 0 fully saturated rings. The number of aromatic nitrogens is 1. The van der Waals surface area contributed by atoms with Crippen molar-refractivity contribution < 1.29 is 13.5 Å². The van der Waals surface area contributed by atoms with Crippen molar-refractivity contribution in [3.8, 4) is 0 Å². The maximum absolute atomic E-state index is 11.5. The molecule has 6 heteroatoms. The van der Waals surface area contributed by atoms with Crippen molar-refractivity contribution >= 4 is 10.0 Å². The van der Waals surface area contributed by atoms with Crippen LogP contribution < -0.4 is 0 Å². The number of rotatable bonds is 6. The quantitative estimate of drug-likeness (QED) is 0.777. The van der Waals surface area contributed by atoms with Crippen LogP contribution in [-0.2, 0) is 16.6 Å². The summed E-state index contributed by atoms with van der Waals surface area (Å²) in [5.74, 6) is 0. The van der Waals surface area contributed by atoms with Crippen molar-refractivity contribution in [1.29, 1.82) is 0 Å². The predicted molar refractivity (Wildman–Crippen MR) is 61.2 cm³/mol. The molecule has 0 bridgehead atoms. The molecule has 1 aromatic rings. The third-order valence-corrected chi connectivity index (χ3v) is 3.39. The lowest BCUT2D eigenvalue weighted by Crippen LogP contribution is -2.31. The number of aliphatic hydroxyl groups excluding tert-OH is 1. The topological polar surface area (TPSA) is 70.5 Å². The van der Waals surface area contributed by atoms with Gasteiger partial charge in [0.15, 0.2) is 0 Å². The molecule has 1 aromatic heterocycles. The van der Waals surface area contributed by atoms with E-state index in [1.807, 2.05) is 0 Å². The van der Waals surface area contributed by atoms with Crippen LogP contribution in [-0.4, -0.2) is 42.2 Å². The minimum absolute atomic E-state index is 0.0115. The molecule has 0 radical (unpaired) electrons. The molecular weight excluding hydrogens is 228 g/mol. The van der Waals surface area contributed by atoms with Gasteiger partial charge in [0.2, 0.25) is 10.0 Å². The Morgan fingerprint density at radius 3 is 2.50 bits per heavy atom. The molecule has 0 saturated heterocycles. The fourth-order valence-corrected chi connectivity index (χ4v) is 2.15. The summed E-state index contributed by atoms with van der Waals surface area (Å²) in [6, 6.07) is 3.55. The number of pyridine rings is 1. The van der Waals surface area contributed by atoms with Crippen LogP contribution in [0.1, 0.15) is 12.0 Å². The zero-order valence-corrected chi connectivity index (χ0v) is 10.0. The number of hydrogen-bond donors (Lipinski definition) is 1. The van der Waals surface area contributed by atoms with Crippen LogP contribution in [0, 0.1) is 0 Å². The number of hydrogen-bond acceptors (Lipinski definition) is 4. The van der Waals surface area contributed by atoms with Gasteiger partial charge in [-0.05, 0) is 24.1 Å². The first-order chi connectivity index (χ1) is 7.54. The molecule has 0 unspecified atom stereocenters. The zero-order valence-electron chi connectivity index (χ0n) is 9.20. The lowest BCUT2D eigenvalue weighted by atomic mass is 10.2. The molecule has 0 aliphatic heterocycles. The smallest absolute Gasteiger partial charge is 0.211 e. The van der Waals surface area contributed by atoms with Crippen LogP contribution in [0.25, 0.3) is 0 Å². The van der Waals surface area contributed by atoms with E-state index in [9.17, 15) is 8.42 Å². The van der Waals surface area contributed by atoms with Gasteiger partial charge in [-0.3, -0.25) is 4.98 Å². The first kappa shape index (κ1) is 13.1. The zero-order chi connectivity index (χ0) is 12.0. The molecule has 5 nitrogen and oxygen atoms in total. The summed E-state index contributed by atoms with van der Waals surface area (Å²) in [5.41, 5.74) is 0.887. The number of aliphatic hydroxyl groups is 1. The molecule has 16 heavy (non-hydrogen) atoms. The highest BCUT2D eigenvalue weighted by Crippen LogP contribution is 2.07. The van der Waals surface area contributed by atoms with Gasteiger partial charge in [0.1, 0.15) is 0 Å². The van der Waals surface area contributed by atoms with Crippen molar-refractivity contribution in [2.45, 2.75) is 13.0 Å². The molecule has 1 rings (SSSR count). The molecular formula is C10H16N2O3S. The SMILES string of the molecule is CS(=O)(=O)N(CCCO)Cc1ccncc1. The Balaban J connectivity index is 2.72. The van der Waals surface area contributed by atoms with Gasteiger partial charge in [-0.1, -0.05) is 0 Å². The lowest BCUT2D eigenvalue weighted by Gasteiger charge is -2.19. The summed E-state index contributed by atoms with van der Waals surface area (Å²) in [5, 5.41) is 8.72. The molecule has 0 amide bonds. The highest BCUT2D eigenvalue weighted by atomic mass is 32.2. The Kier molecular flexibility index (Phi) is 4.85. The molecule has 1 heterocycles. The molecule has 0 aliphatic rings. The first-order valence-electron chi connectivity index (χ1n) is 4.99. The van der Waals surface area contributed by atoms with E-state index in [1.165, 1.54) is 10.6 Å². The second kappa shape index (κ2) is 5.93. The van der Waals surface area contributed by atoms with Gasteiger partial charge in [0.05, 0.1) is 6.26 Å². The lowest BCUT2D eigenvalue weighted by molar-refractivity contribution is 0.268. The molecule has 0 atom stereocenters. The molecule has 0 spiro atoms. The fourth-order valence-electron chi connectivity index (χ4n) is 1.30. The number of sulfonamides is 1. The summed E-state index contributed by atoms with van der Waals surface area (Å²) in [4.78, 5) is 3.87. The second-order valence-corrected chi connectivity index (χ2v) is 5.51. The van der Waals surface area contributed by atoms with Gasteiger partial charge >= 0.3 is 0 Å². The van der Waals surface area contributed by atoms with Crippen LogP contribution in [0.5, 0.6) is 0 Å². The summed E-state index contributed by atoms with van der Waals surface area (Å²) in [6.07, 6.45) is 4.87. The van der Waals surface area contributed by atoms with Crippen molar-refractivity contribution in [2.75, 3.05) is 19.4 Å². The summed E-state index contributed by atoms with van der Waals surface area (Å²) >= 11 is 0. The van der Waals surface area contributed by atoms with E-state index in [4.69, 9.17) is 5.11 Å². The molecule has 0 aliphatic carbocycles. The van der Waals surface area contributed by atoms with E-state index in [1.54, 1.807) is 24.5 Å². The average Bonchev–Trinajstić information content (AvgIpc) is 2.24. The van der Waals surface area contributed by atoms with Crippen LogP contribution in [0.2, 0.25) is 0 Å². The van der Waals surface area contributed by atoms with E-state index in [0.717, 1.165) is 5.56 Å². The van der Waals surface area contributed by atoms with Crippen molar-refractivity contribution in [1.82, 2.24) is 9.29 Å². The summed E-state index contributed by atoms with van der Waals surface area (Å²) in [7, 11) is -3.23. The van der Waals surface area contributed by atoms with Crippen LogP contribution in [0.15, 0.2) is 24.5 Å². The fraction of sp³-hybridized carbons (Fsp3) is 0.500. The maximum Gasteiger partial charge on any atom is 0.211 e. The monoisotopic (exact) mass is 244 g/mol. The van der Waals surface area contributed by atoms with Crippen molar-refractivity contribution in [3.05, 3.63) is 30.1 Å². The summed E-state index contributed by atoms with van der Waals surface area (Å²) in [6.45, 7) is 0.640. The van der Waals surface area contributed by atoms with Gasteiger partial charge in [-0.15, -0.1) is 0 Å². The normalized spacial score (nSPS) is 11.9. The van der Waals surface area contributed by atoms with E-state index in [0.29, 0.717) is 19.5 Å². The van der Waals surface area contributed by atoms with E-state index < -0.39 is 10.0 Å². The Morgan fingerprint density at radius 1 is 1.38 bits per heavy atom. The average molecular weight is 244 g/mol. The van der Waals surface area contributed by atoms with Crippen molar-refractivity contribution in [2.24, 2.45) is 0 Å². The first-order valence-corrected chi connectivity index (χ1v) is 6.84. The Labute approximate surface area is 95.8 Å². The number of nitrogens with zero attached hydrogens (tertiary/aromatic N) is 2. The minimum Gasteiger partial charge on any atom is -0.396 e. The highest BCUT2D eigenvalue weighted by molar-refractivity contribution is 7.88. The van der Waals surface area contributed by atoms with Gasteiger partial charge in [0.25, 0.3) is 0 Å². The van der Waals surface area contributed by atoms with Gasteiger partial charge in [-0.2, -0.15) is 4.31 Å². The second-order valence-electron chi connectivity index (χ2n) is 3.53. The standard InChI is InChI=1S/C10H16N2O3S/c1-16(14,15)12(7-2-8-13)9-10-3-5-11-6-4-10/h3-6,13H,2,7-9H2,1H3. The minimum atomic E-state index is -3.23. The van der Waals surface area contributed by atoms with E-state index in [-0.39, 0.29) is 6.61 Å². The highest BCUT2D eigenvalue weighted by Gasteiger charge is 2.15. The van der Waals surface area contributed by atoms with Crippen LogP contribution >= 0.6 is 0 Å². The van der Waals surface area contributed by atoms with Crippen LogP contribution in [0.4, 0.5) is 0 Å². The van der Waals surface area contributed by atoms with E-state index >= 15 is 0 Å². The summed E-state index contributed by atoms with van der Waals surface area (Å²) < 4.78 is 24.3. The van der Waals surface area contributed by atoms with E-state index in [2.05, 4.69) is 4.98 Å². The van der Waals surface area contributed by atoms with Gasteiger partial charge in [0, 0.05) is 32.1 Å². The largest absolute Gasteiger partial charge is 0.396 e. The predicted octanol–water partition coefficient (Wildman–Crippen LogP) is 0.226. The molecule has 1 N–H and O–H groups in total. The Bertz CT molecular complexity index is 405. The molecule has 0 saturated carbocycles. The third-order valence-electron chi connectivity index (χ3n) is 2.14. The van der Waals surface area contributed by atoms with Gasteiger partial charge in [-0.25, -0.2) is 8.42 Å². The van der Waals surface area contributed by atoms with Gasteiger partial charge < -0.3 is 5.11 Å². The van der Waals surface area contributed by atoms with Crippen molar-refractivity contribution in [3.63, 3.8) is 0 Å². The van der Waals surface area contributed by atoms with Crippen LogP contribution in [0.3, 0.4) is 0 Å². The molecule has 0 aromatic carbocycles. The third kappa shape index (κ3) is 4.26. The Morgan fingerprint density at radius 2 is 2.00 bits per heavy atom.